The van der Waals surface area contributed by atoms with Crippen LogP contribution in [0.1, 0.15) is 19.3 Å². The third-order valence-corrected chi connectivity index (χ3v) is 6.70. The molecule has 0 saturated carbocycles. The van der Waals surface area contributed by atoms with E-state index in [1.807, 2.05) is 17.5 Å². The first kappa shape index (κ1) is 20.3. The fraction of sp³-hybridized carbons (Fsp3) is 0.455. The van der Waals surface area contributed by atoms with Gasteiger partial charge < -0.3 is 24.6 Å². The molecule has 2 aromatic heterocycles. The minimum Gasteiger partial charge on any atom is -0.463 e. The summed E-state index contributed by atoms with van der Waals surface area (Å²) in [6, 6.07) is 7.99. The molecule has 2 saturated heterocycles. The van der Waals surface area contributed by atoms with Crippen molar-refractivity contribution in [2.75, 3.05) is 50.1 Å². The predicted octanol–water partition coefficient (Wildman–Crippen LogP) is 3.39. The highest BCUT2D eigenvalue weighted by molar-refractivity contribution is 7.17. The first-order valence-corrected chi connectivity index (χ1v) is 11.6. The average molecular weight is 442 g/mol. The molecule has 0 amide bonds. The molecule has 3 aromatic rings. The largest absolute Gasteiger partial charge is 0.463 e. The molecule has 2 N–H and O–H groups in total. The summed E-state index contributed by atoms with van der Waals surface area (Å²) in [5.41, 5.74) is 2.42. The zero-order valence-corrected chi connectivity index (χ0v) is 18.4. The number of thiophene rings is 1. The van der Waals surface area contributed by atoms with E-state index in [1.54, 1.807) is 0 Å². The monoisotopic (exact) mass is 441 g/mol. The van der Waals surface area contributed by atoms with Gasteiger partial charge in [0, 0.05) is 44.4 Å². The lowest BCUT2D eigenvalue weighted by Gasteiger charge is -2.34. The molecule has 0 radical (unpaired) electrons. The van der Waals surface area contributed by atoms with Gasteiger partial charge in [-0.3, -0.25) is 9.78 Å². The van der Waals surface area contributed by atoms with Crippen LogP contribution in [0.2, 0.25) is 0 Å². The van der Waals surface area contributed by atoms with Crippen molar-refractivity contribution < 1.29 is 9.47 Å². The Bertz CT molecular complexity index is 1100. The van der Waals surface area contributed by atoms with Crippen molar-refractivity contribution >= 4 is 38.9 Å². The molecule has 2 fully saturated rings. The van der Waals surface area contributed by atoms with Crippen molar-refractivity contribution in [1.82, 2.24) is 14.9 Å². The molecule has 164 valence electrons. The molecular formula is C22H27N5O3S. The van der Waals surface area contributed by atoms with Gasteiger partial charge in [-0.1, -0.05) is 0 Å². The molecular weight excluding hydrogens is 414 g/mol. The van der Waals surface area contributed by atoms with Crippen LogP contribution in [0.15, 0.2) is 34.4 Å². The van der Waals surface area contributed by atoms with Gasteiger partial charge in [-0.05, 0) is 43.5 Å². The summed E-state index contributed by atoms with van der Waals surface area (Å²) in [5.74, 6) is 1.11. The maximum atomic E-state index is 12.4. The van der Waals surface area contributed by atoms with Gasteiger partial charge >= 0.3 is 0 Å². The quantitative estimate of drug-likeness (QED) is 0.628. The summed E-state index contributed by atoms with van der Waals surface area (Å²) >= 11 is 1.39. The molecule has 0 spiro atoms. The van der Waals surface area contributed by atoms with Crippen LogP contribution in [0, 0.1) is 0 Å². The Morgan fingerprint density at radius 3 is 2.90 bits per heavy atom. The van der Waals surface area contributed by atoms with Gasteiger partial charge in [0.15, 0.2) is 6.29 Å². The summed E-state index contributed by atoms with van der Waals surface area (Å²) in [4.78, 5) is 24.4. The SMILES string of the molecule is CN1CCN(c2ccc(Nc3nc4ccsc4c(=O)[nH]3)c(OC3CCCCO3)c2)CC1. The van der Waals surface area contributed by atoms with Crippen LogP contribution in [0.5, 0.6) is 5.75 Å². The molecule has 1 aromatic carbocycles. The third-order valence-electron chi connectivity index (χ3n) is 5.80. The molecule has 2 aliphatic heterocycles. The van der Waals surface area contributed by atoms with Crippen molar-refractivity contribution in [2.45, 2.75) is 25.6 Å². The Labute approximate surface area is 184 Å². The van der Waals surface area contributed by atoms with E-state index in [2.05, 4.69) is 44.3 Å². The van der Waals surface area contributed by atoms with E-state index >= 15 is 0 Å². The summed E-state index contributed by atoms with van der Waals surface area (Å²) in [7, 11) is 2.15. The zero-order valence-electron chi connectivity index (χ0n) is 17.6. The number of benzene rings is 1. The van der Waals surface area contributed by atoms with Crippen LogP contribution >= 0.6 is 11.3 Å². The standard InChI is InChI=1S/C22H27N5O3S/c1-26-8-10-27(11-9-26)15-5-6-16(18(14-15)30-19-4-2-3-12-29-19)23-22-24-17-7-13-31-20(17)21(28)25-22/h5-7,13-14,19H,2-4,8-12H2,1H3,(H2,23,24,25,28). The lowest BCUT2D eigenvalue weighted by atomic mass is 10.2. The van der Waals surface area contributed by atoms with Gasteiger partial charge in [0.1, 0.15) is 10.4 Å². The second-order valence-electron chi connectivity index (χ2n) is 8.06. The van der Waals surface area contributed by atoms with Crippen molar-refractivity contribution in [2.24, 2.45) is 0 Å². The van der Waals surface area contributed by atoms with Crippen LogP contribution in [0.4, 0.5) is 17.3 Å². The second-order valence-corrected chi connectivity index (χ2v) is 8.98. The Balaban J connectivity index is 1.44. The van der Waals surface area contributed by atoms with Gasteiger partial charge in [0.2, 0.25) is 5.95 Å². The number of aromatic nitrogens is 2. The number of H-pyrrole nitrogens is 1. The molecule has 8 nitrogen and oxygen atoms in total. The second kappa shape index (κ2) is 8.86. The molecule has 0 aliphatic carbocycles. The van der Waals surface area contributed by atoms with Crippen molar-refractivity contribution in [3.8, 4) is 5.75 Å². The molecule has 1 unspecified atom stereocenters. The number of hydrogen-bond acceptors (Lipinski definition) is 8. The van der Waals surface area contributed by atoms with Gasteiger partial charge in [-0.2, -0.15) is 0 Å². The van der Waals surface area contributed by atoms with Gasteiger partial charge in [-0.15, -0.1) is 11.3 Å². The summed E-state index contributed by atoms with van der Waals surface area (Å²) in [6.07, 6.45) is 2.77. The highest BCUT2D eigenvalue weighted by Gasteiger charge is 2.20. The number of piperazine rings is 1. The number of anilines is 3. The highest BCUT2D eigenvalue weighted by Crippen LogP contribution is 2.34. The average Bonchev–Trinajstić information content (AvgIpc) is 3.26. The summed E-state index contributed by atoms with van der Waals surface area (Å²) in [5, 5.41) is 5.12. The van der Waals surface area contributed by atoms with E-state index in [9.17, 15) is 4.79 Å². The fourth-order valence-corrected chi connectivity index (χ4v) is 4.70. The highest BCUT2D eigenvalue weighted by atomic mass is 32.1. The minimum absolute atomic E-state index is 0.144. The van der Waals surface area contributed by atoms with E-state index in [0.717, 1.165) is 63.4 Å². The summed E-state index contributed by atoms with van der Waals surface area (Å²) in [6.45, 7) is 4.75. The smallest absolute Gasteiger partial charge is 0.270 e. The Morgan fingerprint density at radius 2 is 2.10 bits per heavy atom. The topological polar surface area (TPSA) is 82.7 Å². The number of likely N-dealkylation sites (N-methyl/N-ethyl adjacent to an activating group) is 1. The first-order valence-electron chi connectivity index (χ1n) is 10.8. The number of hydrogen-bond donors (Lipinski definition) is 2. The zero-order chi connectivity index (χ0) is 21.2. The molecule has 9 heteroatoms. The van der Waals surface area contributed by atoms with E-state index in [1.165, 1.54) is 11.3 Å². The van der Waals surface area contributed by atoms with Crippen LogP contribution in [-0.4, -0.2) is 61.0 Å². The fourth-order valence-electron chi connectivity index (χ4n) is 3.98. The molecule has 31 heavy (non-hydrogen) atoms. The maximum absolute atomic E-state index is 12.4. The number of aromatic amines is 1. The lowest BCUT2D eigenvalue weighted by molar-refractivity contribution is -0.105. The lowest BCUT2D eigenvalue weighted by Crippen LogP contribution is -2.44. The number of rotatable bonds is 5. The molecule has 1 atom stereocenters. The Kier molecular flexibility index (Phi) is 5.80. The van der Waals surface area contributed by atoms with Gasteiger partial charge in [0.25, 0.3) is 5.56 Å². The van der Waals surface area contributed by atoms with E-state index in [4.69, 9.17) is 9.47 Å². The summed E-state index contributed by atoms with van der Waals surface area (Å²) < 4.78 is 12.7. The van der Waals surface area contributed by atoms with E-state index in [-0.39, 0.29) is 11.8 Å². The normalized spacial score (nSPS) is 20.2. The van der Waals surface area contributed by atoms with Crippen molar-refractivity contribution in [3.05, 3.63) is 40.0 Å². The number of ether oxygens (including phenoxy) is 2. The van der Waals surface area contributed by atoms with Crippen LogP contribution in [-0.2, 0) is 4.74 Å². The third kappa shape index (κ3) is 4.53. The van der Waals surface area contributed by atoms with Crippen LogP contribution in [0.3, 0.4) is 0 Å². The molecule has 4 heterocycles. The van der Waals surface area contributed by atoms with Crippen molar-refractivity contribution in [1.29, 1.82) is 0 Å². The number of fused-ring (bicyclic) bond motifs is 1. The number of nitrogens with zero attached hydrogens (tertiary/aromatic N) is 3. The minimum atomic E-state index is -0.261. The Hall–Kier alpha value is -2.62. The molecule has 5 rings (SSSR count). The van der Waals surface area contributed by atoms with E-state index < -0.39 is 0 Å². The first-order chi connectivity index (χ1) is 15.2. The Morgan fingerprint density at radius 1 is 1.23 bits per heavy atom. The van der Waals surface area contributed by atoms with Crippen LogP contribution < -0.4 is 20.5 Å². The molecule has 2 aliphatic rings. The van der Waals surface area contributed by atoms with Gasteiger partial charge in [0.05, 0.1) is 17.8 Å². The van der Waals surface area contributed by atoms with Crippen molar-refractivity contribution in [3.63, 3.8) is 0 Å². The van der Waals surface area contributed by atoms with Crippen LogP contribution in [0.25, 0.3) is 10.2 Å². The predicted molar refractivity (Wildman–Crippen MR) is 124 cm³/mol. The maximum Gasteiger partial charge on any atom is 0.270 e. The van der Waals surface area contributed by atoms with Gasteiger partial charge in [-0.25, -0.2) is 4.98 Å². The molecule has 0 bridgehead atoms. The number of nitrogens with one attached hydrogen (secondary N) is 2. The van der Waals surface area contributed by atoms with E-state index in [0.29, 0.717) is 21.9 Å².